The third kappa shape index (κ3) is 4.90. The largest absolute Gasteiger partial charge is 0.356 e. The Bertz CT molecular complexity index is 483. The number of nitrogens with one attached hydrogen (secondary N) is 2. The highest BCUT2D eigenvalue weighted by Crippen LogP contribution is 2.47. The first-order valence-corrected chi connectivity index (χ1v) is 9.29. The minimum absolute atomic E-state index is 0.157. The van der Waals surface area contributed by atoms with Gasteiger partial charge in [0, 0.05) is 25.6 Å². The van der Waals surface area contributed by atoms with E-state index in [0.29, 0.717) is 0 Å². The molecular weight excluding hydrogens is 297 g/mol. The predicted molar refractivity (Wildman–Crippen MR) is 94.3 cm³/mol. The number of rotatable bonds is 8. The Hall–Kier alpha value is -1.23. The molecular formula is C17H26FN3S. The molecule has 0 radical (unpaired) electrons. The first-order valence-electron chi connectivity index (χ1n) is 7.90. The summed E-state index contributed by atoms with van der Waals surface area (Å²) < 4.78 is 13.0. The van der Waals surface area contributed by atoms with Crippen LogP contribution < -0.4 is 10.6 Å². The molecule has 1 aliphatic rings. The van der Waals surface area contributed by atoms with E-state index < -0.39 is 0 Å². The van der Waals surface area contributed by atoms with Gasteiger partial charge in [-0.1, -0.05) is 12.1 Å². The van der Waals surface area contributed by atoms with Crippen molar-refractivity contribution < 1.29 is 4.39 Å². The molecule has 0 aromatic heterocycles. The number of thioether (sulfide) groups is 1. The molecule has 0 bridgehead atoms. The van der Waals surface area contributed by atoms with E-state index >= 15 is 0 Å². The lowest BCUT2D eigenvalue weighted by Gasteiger charge is -2.19. The Morgan fingerprint density at radius 3 is 2.55 bits per heavy atom. The molecule has 0 saturated heterocycles. The third-order valence-corrected chi connectivity index (χ3v) is 4.89. The van der Waals surface area contributed by atoms with Gasteiger partial charge < -0.3 is 10.6 Å². The van der Waals surface area contributed by atoms with Gasteiger partial charge in [-0.15, -0.1) is 0 Å². The fourth-order valence-corrected chi connectivity index (χ4v) is 3.07. The zero-order chi connectivity index (χ0) is 15.8. The van der Waals surface area contributed by atoms with Crippen molar-refractivity contribution in [1.29, 1.82) is 0 Å². The van der Waals surface area contributed by atoms with E-state index in [4.69, 9.17) is 0 Å². The predicted octanol–water partition coefficient (Wildman–Crippen LogP) is 3.17. The molecule has 1 aromatic carbocycles. The Balaban J connectivity index is 1.77. The number of benzene rings is 1. The fraction of sp³-hybridized carbons (Fsp3) is 0.588. The van der Waals surface area contributed by atoms with Gasteiger partial charge in [0.2, 0.25) is 0 Å². The van der Waals surface area contributed by atoms with E-state index in [-0.39, 0.29) is 11.2 Å². The average molecular weight is 323 g/mol. The summed E-state index contributed by atoms with van der Waals surface area (Å²) in [4.78, 5) is 4.27. The van der Waals surface area contributed by atoms with E-state index in [2.05, 4.69) is 21.9 Å². The number of hydrogen-bond acceptors (Lipinski definition) is 2. The molecule has 0 amide bonds. The standard InChI is InChI=1S/C17H26FN3S/c1-19-16(20-11-3-4-12-22-2)21-13-17(9-10-17)14-5-7-15(18)8-6-14/h5-8H,3-4,9-13H2,1-2H3,(H2,19,20,21). The van der Waals surface area contributed by atoms with Gasteiger partial charge in [-0.3, -0.25) is 4.99 Å². The lowest BCUT2D eigenvalue weighted by atomic mass is 9.96. The Labute approximate surface area is 137 Å². The zero-order valence-electron chi connectivity index (χ0n) is 13.5. The van der Waals surface area contributed by atoms with Crippen molar-refractivity contribution in [2.45, 2.75) is 31.1 Å². The number of nitrogens with zero attached hydrogens (tertiary/aromatic N) is 1. The Morgan fingerprint density at radius 1 is 1.23 bits per heavy atom. The second-order valence-electron chi connectivity index (χ2n) is 5.84. The minimum Gasteiger partial charge on any atom is -0.356 e. The normalized spacial score (nSPS) is 16.4. The van der Waals surface area contributed by atoms with Gasteiger partial charge >= 0.3 is 0 Å². The van der Waals surface area contributed by atoms with Crippen molar-refractivity contribution in [1.82, 2.24) is 10.6 Å². The summed E-state index contributed by atoms with van der Waals surface area (Å²) in [7, 11) is 1.80. The van der Waals surface area contributed by atoms with Crippen LogP contribution in [0.2, 0.25) is 0 Å². The van der Waals surface area contributed by atoms with Gasteiger partial charge in [0.15, 0.2) is 5.96 Å². The quantitative estimate of drug-likeness (QED) is 0.438. The smallest absolute Gasteiger partial charge is 0.191 e. The van der Waals surface area contributed by atoms with E-state index in [1.807, 2.05) is 23.9 Å². The zero-order valence-corrected chi connectivity index (χ0v) is 14.3. The lowest BCUT2D eigenvalue weighted by Crippen LogP contribution is -2.41. The van der Waals surface area contributed by atoms with Gasteiger partial charge in [0.1, 0.15) is 5.82 Å². The summed E-state index contributed by atoms with van der Waals surface area (Å²) in [6.45, 7) is 1.80. The Kier molecular flexibility index (Phi) is 6.55. The maximum Gasteiger partial charge on any atom is 0.191 e. The van der Waals surface area contributed by atoms with Crippen molar-refractivity contribution in [3.8, 4) is 0 Å². The second kappa shape index (κ2) is 8.42. The molecule has 3 nitrogen and oxygen atoms in total. The van der Waals surface area contributed by atoms with Crippen LogP contribution in [0.15, 0.2) is 29.3 Å². The van der Waals surface area contributed by atoms with Crippen molar-refractivity contribution in [2.75, 3.05) is 32.1 Å². The van der Waals surface area contributed by atoms with Crippen LogP contribution in [0.3, 0.4) is 0 Å². The first-order chi connectivity index (χ1) is 10.7. The molecule has 1 saturated carbocycles. The van der Waals surface area contributed by atoms with Crippen LogP contribution in [-0.4, -0.2) is 38.1 Å². The minimum atomic E-state index is -0.171. The molecule has 1 fully saturated rings. The molecule has 2 N–H and O–H groups in total. The Morgan fingerprint density at radius 2 is 1.95 bits per heavy atom. The maximum atomic E-state index is 13.0. The molecule has 0 spiro atoms. The molecule has 122 valence electrons. The molecule has 0 atom stereocenters. The van der Waals surface area contributed by atoms with Crippen LogP contribution in [0.25, 0.3) is 0 Å². The highest BCUT2D eigenvalue weighted by atomic mass is 32.2. The van der Waals surface area contributed by atoms with E-state index in [1.165, 1.54) is 17.7 Å². The number of aliphatic imine (C=N–C) groups is 1. The van der Waals surface area contributed by atoms with Crippen molar-refractivity contribution >= 4 is 17.7 Å². The maximum absolute atomic E-state index is 13.0. The van der Waals surface area contributed by atoms with Gasteiger partial charge in [-0.2, -0.15) is 11.8 Å². The van der Waals surface area contributed by atoms with Crippen molar-refractivity contribution in [2.24, 2.45) is 4.99 Å². The number of hydrogen-bond donors (Lipinski definition) is 2. The van der Waals surface area contributed by atoms with Gasteiger partial charge in [0.25, 0.3) is 0 Å². The van der Waals surface area contributed by atoms with Crippen LogP contribution in [0.5, 0.6) is 0 Å². The monoisotopic (exact) mass is 323 g/mol. The van der Waals surface area contributed by atoms with Crippen molar-refractivity contribution in [3.63, 3.8) is 0 Å². The summed E-state index contributed by atoms with van der Waals surface area (Å²) in [6.07, 6.45) is 6.82. The summed E-state index contributed by atoms with van der Waals surface area (Å²) >= 11 is 1.89. The summed E-state index contributed by atoms with van der Waals surface area (Å²) in [5.41, 5.74) is 1.38. The number of guanidine groups is 1. The van der Waals surface area contributed by atoms with Gasteiger partial charge in [-0.25, -0.2) is 4.39 Å². The van der Waals surface area contributed by atoms with Crippen LogP contribution in [0, 0.1) is 5.82 Å². The summed E-state index contributed by atoms with van der Waals surface area (Å²) in [6, 6.07) is 6.91. The molecule has 2 rings (SSSR count). The van der Waals surface area contributed by atoms with Crippen molar-refractivity contribution in [3.05, 3.63) is 35.6 Å². The molecule has 0 aliphatic heterocycles. The summed E-state index contributed by atoms with van der Waals surface area (Å²) in [5, 5.41) is 6.78. The fourth-order valence-electron chi connectivity index (χ4n) is 2.57. The molecule has 0 unspecified atom stereocenters. The van der Waals surface area contributed by atoms with Crippen LogP contribution in [0.4, 0.5) is 4.39 Å². The van der Waals surface area contributed by atoms with Crippen LogP contribution in [0.1, 0.15) is 31.2 Å². The average Bonchev–Trinajstić information content (AvgIpc) is 3.32. The second-order valence-corrected chi connectivity index (χ2v) is 6.83. The van der Waals surface area contributed by atoms with Gasteiger partial charge in [0.05, 0.1) is 0 Å². The molecule has 0 heterocycles. The van der Waals surface area contributed by atoms with Crippen LogP contribution >= 0.6 is 11.8 Å². The van der Waals surface area contributed by atoms with Crippen LogP contribution in [-0.2, 0) is 5.41 Å². The number of halogens is 1. The molecule has 1 aliphatic carbocycles. The van der Waals surface area contributed by atoms with Gasteiger partial charge in [-0.05, 0) is 55.4 Å². The third-order valence-electron chi connectivity index (χ3n) is 4.20. The summed E-state index contributed by atoms with van der Waals surface area (Å²) in [5.74, 6) is 1.90. The molecule has 1 aromatic rings. The van der Waals surface area contributed by atoms with E-state index in [1.54, 1.807) is 19.2 Å². The first kappa shape index (κ1) is 17.1. The van der Waals surface area contributed by atoms with E-state index in [0.717, 1.165) is 38.3 Å². The number of unbranched alkanes of at least 4 members (excludes halogenated alkanes) is 1. The molecule has 5 heteroatoms. The van der Waals surface area contributed by atoms with E-state index in [9.17, 15) is 4.39 Å². The highest BCUT2D eigenvalue weighted by Gasteiger charge is 2.44. The molecule has 22 heavy (non-hydrogen) atoms. The highest BCUT2D eigenvalue weighted by molar-refractivity contribution is 7.98. The SMILES string of the molecule is CN=C(NCCCCSC)NCC1(c2ccc(F)cc2)CC1. The lowest BCUT2D eigenvalue weighted by molar-refractivity contribution is 0.616. The topological polar surface area (TPSA) is 36.4 Å².